The van der Waals surface area contributed by atoms with Crippen LogP contribution in [-0.4, -0.2) is 23.1 Å². The third kappa shape index (κ3) is 3.79. The van der Waals surface area contributed by atoms with E-state index in [2.05, 4.69) is 53.0 Å². The van der Waals surface area contributed by atoms with E-state index in [1.807, 2.05) is 13.1 Å². The first kappa shape index (κ1) is 15.0. The first-order chi connectivity index (χ1) is 10.1. The number of anilines is 1. The number of hydrogen-bond donors (Lipinski definition) is 0. The Kier molecular flexibility index (Phi) is 4.89. The van der Waals surface area contributed by atoms with Crippen LogP contribution in [0, 0.1) is 18.3 Å². The van der Waals surface area contributed by atoms with Gasteiger partial charge in [-0.25, -0.2) is 9.97 Å². The van der Waals surface area contributed by atoms with Gasteiger partial charge >= 0.3 is 0 Å². The molecule has 108 valence electrons. The molecule has 0 aliphatic carbocycles. The molecule has 0 saturated heterocycles. The summed E-state index contributed by atoms with van der Waals surface area (Å²) in [5.74, 6) is 0.799. The van der Waals surface area contributed by atoms with E-state index in [4.69, 9.17) is 5.26 Å². The number of nitrogens with zero attached hydrogens (tertiary/aromatic N) is 4. The van der Waals surface area contributed by atoms with E-state index in [0.717, 1.165) is 18.7 Å². The van der Waals surface area contributed by atoms with E-state index < -0.39 is 0 Å². The zero-order chi connectivity index (χ0) is 15.2. The van der Waals surface area contributed by atoms with Crippen LogP contribution in [0.3, 0.4) is 0 Å². The zero-order valence-corrected chi connectivity index (χ0v) is 12.7. The van der Waals surface area contributed by atoms with Gasteiger partial charge in [-0.3, -0.25) is 0 Å². The Bertz CT molecular complexity index is 611. The van der Waals surface area contributed by atoms with Gasteiger partial charge in [-0.1, -0.05) is 36.8 Å². The smallest absolute Gasteiger partial charge is 0.158 e. The van der Waals surface area contributed by atoms with Crippen LogP contribution in [0.15, 0.2) is 36.7 Å². The van der Waals surface area contributed by atoms with Gasteiger partial charge in [0.1, 0.15) is 11.9 Å². The molecule has 0 fully saturated rings. The van der Waals surface area contributed by atoms with Crippen molar-refractivity contribution in [3.63, 3.8) is 0 Å². The van der Waals surface area contributed by atoms with Gasteiger partial charge in [0.2, 0.25) is 0 Å². The van der Waals surface area contributed by atoms with Crippen molar-refractivity contribution in [2.24, 2.45) is 0 Å². The molecule has 0 saturated carbocycles. The molecule has 1 aromatic heterocycles. The predicted octanol–water partition coefficient (Wildman–Crippen LogP) is 3.11. The maximum Gasteiger partial charge on any atom is 0.158 e. The maximum atomic E-state index is 8.77. The van der Waals surface area contributed by atoms with E-state index in [0.29, 0.717) is 11.7 Å². The largest absolute Gasteiger partial charge is 0.355 e. The lowest BCUT2D eigenvalue weighted by Crippen LogP contribution is -2.33. The highest BCUT2D eigenvalue weighted by molar-refractivity contribution is 5.38. The first-order valence-electron chi connectivity index (χ1n) is 7.14. The third-order valence-electron chi connectivity index (χ3n) is 3.73. The molecule has 4 nitrogen and oxygen atoms in total. The Morgan fingerprint density at radius 3 is 2.43 bits per heavy atom. The number of benzene rings is 1. The Morgan fingerprint density at radius 2 is 1.90 bits per heavy atom. The van der Waals surface area contributed by atoms with Crippen LogP contribution in [0.1, 0.15) is 30.2 Å². The van der Waals surface area contributed by atoms with Gasteiger partial charge < -0.3 is 4.90 Å². The van der Waals surface area contributed by atoms with Gasteiger partial charge in [-0.15, -0.1) is 0 Å². The number of aryl methyl sites for hydroxylation is 1. The summed E-state index contributed by atoms with van der Waals surface area (Å²) in [6.45, 7) is 4.27. The summed E-state index contributed by atoms with van der Waals surface area (Å²) in [7, 11) is 2.03. The second kappa shape index (κ2) is 6.85. The molecule has 2 aromatic rings. The van der Waals surface area contributed by atoms with E-state index in [9.17, 15) is 0 Å². The summed E-state index contributed by atoms with van der Waals surface area (Å²) in [5, 5.41) is 8.77. The quantitative estimate of drug-likeness (QED) is 0.844. The molecular weight excluding hydrogens is 260 g/mol. The summed E-state index contributed by atoms with van der Waals surface area (Å²) < 4.78 is 0. The molecule has 0 N–H and O–H groups in total. The average Bonchev–Trinajstić information content (AvgIpc) is 2.54. The van der Waals surface area contributed by atoms with Crippen molar-refractivity contribution in [1.82, 2.24) is 9.97 Å². The lowest BCUT2D eigenvalue weighted by Gasteiger charge is -2.28. The molecule has 0 radical (unpaired) electrons. The predicted molar refractivity (Wildman–Crippen MR) is 84.1 cm³/mol. The molecule has 1 heterocycles. The maximum absolute atomic E-state index is 8.77. The second-order valence-electron chi connectivity index (χ2n) is 5.23. The van der Waals surface area contributed by atoms with Crippen LogP contribution < -0.4 is 4.90 Å². The van der Waals surface area contributed by atoms with Gasteiger partial charge in [0.15, 0.2) is 5.69 Å². The van der Waals surface area contributed by atoms with Crippen LogP contribution in [0.25, 0.3) is 0 Å². The van der Waals surface area contributed by atoms with Crippen molar-refractivity contribution >= 4 is 5.82 Å². The van der Waals surface area contributed by atoms with Gasteiger partial charge in [0, 0.05) is 13.1 Å². The minimum Gasteiger partial charge on any atom is -0.355 e. The number of rotatable bonds is 5. The molecule has 4 heteroatoms. The molecule has 0 spiro atoms. The molecule has 1 atom stereocenters. The topological polar surface area (TPSA) is 52.8 Å². The fourth-order valence-corrected chi connectivity index (χ4v) is 2.30. The third-order valence-corrected chi connectivity index (χ3v) is 3.73. The number of likely N-dealkylation sites (N-methyl/N-ethyl adjacent to an activating group) is 1. The molecule has 0 aliphatic heterocycles. The monoisotopic (exact) mass is 280 g/mol. The van der Waals surface area contributed by atoms with Gasteiger partial charge in [-0.05, 0) is 25.3 Å². The summed E-state index contributed by atoms with van der Waals surface area (Å²) in [4.78, 5) is 10.5. The van der Waals surface area contributed by atoms with Crippen molar-refractivity contribution in [1.29, 1.82) is 5.26 Å². The van der Waals surface area contributed by atoms with Crippen LogP contribution in [0.5, 0.6) is 0 Å². The minimum atomic E-state index is 0.346. The zero-order valence-electron chi connectivity index (χ0n) is 12.7. The Hall–Kier alpha value is -2.41. The van der Waals surface area contributed by atoms with E-state index in [-0.39, 0.29) is 0 Å². The highest BCUT2D eigenvalue weighted by Gasteiger charge is 2.15. The Balaban J connectivity index is 2.12. The lowest BCUT2D eigenvalue weighted by molar-refractivity contribution is 0.600. The molecule has 2 rings (SSSR count). The fraction of sp³-hybridized carbons (Fsp3) is 0.353. The van der Waals surface area contributed by atoms with Crippen LogP contribution in [-0.2, 0) is 6.42 Å². The summed E-state index contributed by atoms with van der Waals surface area (Å²) in [5.41, 5.74) is 2.94. The lowest BCUT2D eigenvalue weighted by atomic mass is 10.0. The van der Waals surface area contributed by atoms with E-state index in [1.165, 1.54) is 17.3 Å². The van der Waals surface area contributed by atoms with Crippen molar-refractivity contribution in [2.75, 3.05) is 11.9 Å². The molecular formula is C17H20N4. The van der Waals surface area contributed by atoms with E-state index in [1.54, 1.807) is 6.20 Å². The van der Waals surface area contributed by atoms with E-state index >= 15 is 0 Å². The van der Waals surface area contributed by atoms with Crippen molar-refractivity contribution in [3.05, 3.63) is 53.5 Å². The molecule has 0 bridgehead atoms. The molecule has 1 unspecified atom stereocenters. The standard InChI is InChI=1S/C17H20N4/c1-4-16(9-14-7-5-13(2)6-8-14)21(3)17-12-19-15(10-18)11-20-17/h5-8,11-12,16H,4,9H2,1-3H3. The number of hydrogen-bond acceptors (Lipinski definition) is 4. The summed E-state index contributed by atoms with van der Waals surface area (Å²) >= 11 is 0. The highest BCUT2D eigenvalue weighted by Crippen LogP contribution is 2.17. The van der Waals surface area contributed by atoms with Crippen molar-refractivity contribution in [3.8, 4) is 6.07 Å². The number of aromatic nitrogens is 2. The van der Waals surface area contributed by atoms with Gasteiger partial charge in [0.25, 0.3) is 0 Å². The molecule has 0 amide bonds. The highest BCUT2D eigenvalue weighted by atomic mass is 15.2. The molecule has 21 heavy (non-hydrogen) atoms. The number of nitriles is 1. The summed E-state index contributed by atoms with van der Waals surface area (Å²) in [6, 6.07) is 11.0. The molecule has 1 aromatic carbocycles. The Morgan fingerprint density at radius 1 is 1.19 bits per heavy atom. The minimum absolute atomic E-state index is 0.346. The molecule has 0 aliphatic rings. The average molecular weight is 280 g/mol. The fourth-order valence-electron chi connectivity index (χ4n) is 2.30. The van der Waals surface area contributed by atoms with Crippen LogP contribution >= 0.6 is 0 Å². The van der Waals surface area contributed by atoms with Crippen molar-refractivity contribution in [2.45, 2.75) is 32.7 Å². The van der Waals surface area contributed by atoms with Crippen LogP contribution in [0.4, 0.5) is 5.82 Å². The second-order valence-corrected chi connectivity index (χ2v) is 5.23. The van der Waals surface area contributed by atoms with Gasteiger partial charge in [-0.2, -0.15) is 5.26 Å². The van der Waals surface area contributed by atoms with Gasteiger partial charge in [0.05, 0.1) is 12.4 Å². The Labute approximate surface area is 126 Å². The SMILES string of the molecule is CCC(Cc1ccc(C)cc1)N(C)c1cnc(C#N)cn1. The summed E-state index contributed by atoms with van der Waals surface area (Å²) in [6.07, 6.45) is 5.17. The first-order valence-corrected chi connectivity index (χ1v) is 7.14. The van der Waals surface area contributed by atoms with Crippen molar-refractivity contribution < 1.29 is 0 Å². The normalized spacial score (nSPS) is 11.7. The van der Waals surface area contributed by atoms with Crippen LogP contribution in [0.2, 0.25) is 0 Å².